The van der Waals surface area contributed by atoms with Gasteiger partial charge in [-0.2, -0.15) is 0 Å². The number of benzene rings is 1. The summed E-state index contributed by atoms with van der Waals surface area (Å²) < 4.78 is 10.8. The third-order valence-corrected chi connectivity index (χ3v) is 4.26. The van der Waals surface area contributed by atoms with Crippen molar-refractivity contribution in [3.05, 3.63) is 30.3 Å². The molecule has 6 nitrogen and oxygen atoms in total. The number of aliphatic hydroxyl groups excluding tert-OH is 1. The van der Waals surface area contributed by atoms with Crippen LogP contribution in [0, 0.1) is 0 Å². The van der Waals surface area contributed by atoms with Crippen LogP contribution >= 0.6 is 0 Å². The number of amides is 2. The molecule has 2 amide bonds. The number of nitrogens with zero attached hydrogens (tertiary/aromatic N) is 1. The van der Waals surface area contributed by atoms with E-state index in [-0.39, 0.29) is 12.1 Å². The second kappa shape index (κ2) is 10.2. The van der Waals surface area contributed by atoms with E-state index in [0.29, 0.717) is 26.3 Å². The van der Waals surface area contributed by atoms with Gasteiger partial charge in [-0.1, -0.05) is 31.0 Å². The van der Waals surface area contributed by atoms with Gasteiger partial charge < -0.3 is 24.8 Å². The Morgan fingerprint density at radius 1 is 1.21 bits per heavy atom. The molecule has 0 aliphatic heterocycles. The van der Waals surface area contributed by atoms with Crippen molar-refractivity contribution in [2.75, 3.05) is 33.4 Å². The summed E-state index contributed by atoms with van der Waals surface area (Å²) >= 11 is 0. The number of urea groups is 1. The van der Waals surface area contributed by atoms with E-state index in [0.717, 1.165) is 31.4 Å². The van der Waals surface area contributed by atoms with Crippen LogP contribution < -0.4 is 10.1 Å². The van der Waals surface area contributed by atoms with Crippen LogP contribution in [-0.4, -0.2) is 61.6 Å². The van der Waals surface area contributed by atoms with Gasteiger partial charge in [0.2, 0.25) is 0 Å². The van der Waals surface area contributed by atoms with Gasteiger partial charge in [-0.3, -0.25) is 0 Å². The van der Waals surface area contributed by atoms with Crippen LogP contribution in [0.2, 0.25) is 0 Å². The summed E-state index contributed by atoms with van der Waals surface area (Å²) in [5, 5.41) is 13.0. The average Bonchev–Trinajstić information content (AvgIpc) is 2.60. The molecule has 2 N–H and O–H groups in total. The summed E-state index contributed by atoms with van der Waals surface area (Å²) in [4.78, 5) is 14.2. The molecule has 0 radical (unpaired) electrons. The number of methoxy groups -OCH3 is 1. The quantitative estimate of drug-likeness (QED) is 0.762. The first-order valence-electron chi connectivity index (χ1n) is 8.61. The highest BCUT2D eigenvalue weighted by Crippen LogP contribution is 2.18. The van der Waals surface area contributed by atoms with E-state index in [2.05, 4.69) is 5.32 Å². The zero-order valence-corrected chi connectivity index (χ0v) is 14.3. The topological polar surface area (TPSA) is 71.0 Å². The third-order valence-electron chi connectivity index (χ3n) is 4.26. The van der Waals surface area contributed by atoms with Crippen LogP contribution in [0.25, 0.3) is 0 Å². The Labute approximate surface area is 143 Å². The van der Waals surface area contributed by atoms with Crippen molar-refractivity contribution in [1.82, 2.24) is 10.2 Å². The number of para-hydroxylation sites is 1. The molecule has 1 aliphatic carbocycles. The van der Waals surface area contributed by atoms with Crippen LogP contribution in [0.5, 0.6) is 5.75 Å². The Hall–Kier alpha value is -1.79. The second-order valence-corrected chi connectivity index (χ2v) is 6.05. The molecule has 2 rings (SSSR count). The van der Waals surface area contributed by atoms with Crippen LogP contribution in [-0.2, 0) is 4.74 Å². The van der Waals surface area contributed by atoms with Crippen molar-refractivity contribution >= 4 is 6.03 Å². The Bertz CT molecular complexity index is 483. The Morgan fingerprint density at radius 2 is 1.92 bits per heavy atom. The van der Waals surface area contributed by atoms with Crippen molar-refractivity contribution in [3.8, 4) is 5.75 Å². The SMILES string of the molecule is COCCN(CCOc1ccccc1)C(=O)N[C@H]1CCCC[C@@H]1O. The molecular formula is C18H28N2O4. The second-order valence-electron chi connectivity index (χ2n) is 6.05. The Balaban J connectivity index is 1.82. The number of ether oxygens (including phenoxy) is 2. The van der Waals surface area contributed by atoms with E-state index in [1.807, 2.05) is 30.3 Å². The lowest BCUT2D eigenvalue weighted by molar-refractivity contribution is 0.0862. The number of hydrogen-bond acceptors (Lipinski definition) is 4. The largest absolute Gasteiger partial charge is 0.492 e. The Kier molecular flexibility index (Phi) is 7.85. The van der Waals surface area contributed by atoms with Crippen LogP contribution in [0.4, 0.5) is 4.79 Å². The van der Waals surface area contributed by atoms with E-state index in [9.17, 15) is 9.90 Å². The lowest BCUT2D eigenvalue weighted by Crippen LogP contribution is -2.51. The lowest BCUT2D eigenvalue weighted by Gasteiger charge is -2.31. The van der Waals surface area contributed by atoms with Crippen molar-refractivity contribution in [3.63, 3.8) is 0 Å². The van der Waals surface area contributed by atoms with E-state index in [1.54, 1.807) is 12.0 Å². The normalized spacial score (nSPS) is 20.4. The molecule has 1 aromatic carbocycles. The fourth-order valence-electron chi connectivity index (χ4n) is 2.84. The van der Waals surface area contributed by atoms with Crippen LogP contribution in [0.1, 0.15) is 25.7 Å². The molecule has 1 saturated carbocycles. The van der Waals surface area contributed by atoms with Gasteiger partial charge in [0.25, 0.3) is 0 Å². The summed E-state index contributed by atoms with van der Waals surface area (Å²) in [7, 11) is 1.61. The van der Waals surface area contributed by atoms with Crippen molar-refractivity contribution in [1.29, 1.82) is 0 Å². The van der Waals surface area contributed by atoms with E-state index in [1.165, 1.54) is 0 Å². The van der Waals surface area contributed by atoms with Crippen molar-refractivity contribution in [2.45, 2.75) is 37.8 Å². The molecule has 1 aromatic rings. The highest BCUT2D eigenvalue weighted by Gasteiger charge is 2.26. The minimum atomic E-state index is -0.451. The smallest absolute Gasteiger partial charge is 0.317 e. The molecule has 0 spiro atoms. The van der Waals surface area contributed by atoms with Gasteiger partial charge in [-0.05, 0) is 25.0 Å². The molecule has 0 aromatic heterocycles. The standard InChI is InChI=1S/C18H28N2O4/c1-23-13-11-20(12-14-24-15-7-3-2-4-8-15)18(22)19-16-9-5-6-10-17(16)21/h2-4,7-8,16-17,21H,5-6,9-14H2,1H3,(H,19,22)/t16-,17-/m0/s1. The first kappa shape index (κ1) is 18.5. The zero-order valence-electron chi connectivity index (χ0n) is 14.3. The third kappa shape index (κ3) is 6.02. The number of nitrogens with one attached hydrogen (secondary N) is 1. The summed E-state index contributed by atoms with van der Waals surface area (Å²) in [6.45, 7) is 1.83. The first-order valence-corrected chi connectivity index (χ1v) is 8.61. The molecule has 24 heavy (non-hydrogen) atoms. The monoisotopic (exact) mass is 336 g/mol. The molecular weight excluding hydrogens is 308 g/mol. The summed E-state index contributed by atoms with van der Waals surface area (Å²) in [6, 6.07) is 9.20. The lowest BCUT2D eigenvalue weighted by atomic mass is 9.93. The fourth-order valence-corrected chi connectivity index (χ4v) is 2.84. The van der Waals surface area contributed by atoms with Gasteiger partial charge >= 0.3 is 6.03 Å². The fraction of sp³-hybridized carbons (Fsp3) is 0.611. The molecule has 0 heterocycles. The van der Waals surface area contributed by atoms with E-state index in [4.69, 9.17) is 9.47 Å². The van der Waals surface area contributed by atoms with E-state index >= 15 is 0 Å². The zero-order chi connectivity index (χ0) is 17.2. The molecule has 1 fully saturated rings. The molecule has 2 atom stereocenters. The van der Waals surface area contributed by atoms with Gasteiger partial charge in [-0.25, -0.2) is 4.79 Å². The number of carbonyl (C=O) groups is 1. The van der Waals surface area contributed by atoms with Crippen LogP contribution in [0.15, 0.2) is 30.3 Å². The Morgan fingerprint density at radius 3 is 2.62 bits per heavy atom. The van der Waals surface area contributed by atoms with Gasteiger partial charge in [0.1, 0.15) is 12.4 Å². The van der Waals surface area contributed by atoms with Gasteiger partial charge in [-0.15, -0.1) is 0 Å². The maximum absolute atomic E-state index is 12.5. The van der Waals surface area contributed by atoms with Crippen molar-refractivity contribution in [2.24, 2.45) is 0 Å². The number of aliphatic hydroxyl groups is 1. The molecule has 0 unspecified atom stereocenters. The summed E-state index contributed by atoms with van der Waals surface area (Å²) in [5.41, 5.74) is 0. The maximum atomic E-state index is 12.5. The minimum absolute atomic E-state index is 0.161. The number of hydrogen-bond donors (Lipinski definition) is 2. The van der Waals surface area contributed by atoms with Gasteiger partial charge in [0.05, 0.1) is 25.3 Å². The number of carbonyl (C=O) groups excluding carboxylic acids is 1. The molecule has 0 bridgehead atoms. The summed E-state index contributed by atoms with van der Waals surface area (Å²) in [5.74, 6) is 0.785. The molecule has 6 heteroatoms. The average molecular weight is 336 g/mol. The molecule has 134 valence electrons. The van der Waals surface area contributed by atoms with E-state index < -0.39 is 6.10 Å². The first-order chi connectivity index (χ1) is 11.7. The maximum Gasteiger partial charge on any atom is 0.317 e. The number of rotatable bonds is 8. The summed E-state index contributed by atoms with van der Waals surface area (Å²) in [6.07, 6.45) is 3.18. The molecule has 0 saturated heterocycles. The van der Waals surface area contributed by atoms with Gasteiger partial charge in [0, 0.05) is 13.7 Å². The predicted molar refractivity (Wildman–Crippen MR) is 92.2 cm³/mol. The van der Waals surface area contributed by atoms with Gasteiger partial charge in [0.15, 0.2) is 0 Å². The highest BCUT2D eigenvalue weighted by molar-refractivity contribution is 5.74. The predicted octanol–water partition coefficient (Wildman–Crippen LogP) is 2.03. The molecule has 1 aliphatic rings. The minimum Gasteiger partial charge on any atom is -0.492 e. The van der Waals surface area contributed by atoms with Crippen molar-refractivity contribution < 1.29 is 19.4 Å². The van der Waals surface area contributed by atoms with Crippen LogP contribution in [0.3, 0.4) is 0 Å². The highest BCUT2D eigenvalue weighted by atomic mass is 16.5.